The van der Waals surface area contributed by atoms with Crippen LogP contribution in [0.1, 0.15) is 51.3 Å². The van der Waals surface area contributed by atoms with Crippen molar-refractivity contribution in [2.75, 3.05) is 12.4 Å². The Morgan fingerprint density at radius 3 is 2.22 bits per heavy atom. The molecule has 3 aromatic carbocycles. The minimum Gasteiger partial charge on any atom is -0.497 e. The van der Waals surface area contributed by atoms with E-state index in [1.165, 1.54) is 0 Å². The fraction of sp³-hybridized carbons (Fsp3) is 0.214. The van der Waals surface area contributed by atoms with E-state index in [9.17, 15) is 22.8 Å². The minimum absolute atomic E-state index is 0.0907. The molecule has 3 aromatic rings. The van der Waals surface area contributed by atoms with Crippen LogP contribution in [0.5, 0.6) is 5.75 Å². The molecule has 0 aliphatic carbocycles. The molecule has 0 spiro atoms. The molecule has 0 saturated heterocycles. The van der Waals surface area contributed by atoms with E-state index in [1.54, 1.807) is 37.5 Å². The molecular formula is C28H25F3N2O3. The molecule has 5 nitrogen and oxygen atoms in total. The quantitative estimate of drug-likeness (QED) is 0.332. The Labute approximate surface area is 207 Å². The second kappa shape index (κ2) is 9.53. The van der Waals surface area contributed by atoms with Crippen LogP contribution in [0.2, 0.25) is 0 Å². The number of carbonyl (C=O) groups excluding carboxylic acids is 2. The zero-order chi connectivity index (χ0) is 26.1. The second-order valence-corrected chi connectivity index (χ2v) is 9.24. The molecule has 0 radical (unpaired) electrons. The highest BCUT2D eigenvalue weighted by Gasteiger charge is 2.30. The largest absolute Gasteiger partial charge is 0.497 e. The Balaban J connectivity index is 1.50. The van der Waals surface area contributed by atoms with Gasteiger partial charge in [0.05, 0.1) is 12.7 Å². The van der Waals surface area contributed by atoms with Gasteiger partial charge in [-0.3, -0.25) is 9.59 Å². The summed E-state index contributed by atoms with van der Waals surface area (Å²) in [6.45, 7) is 4.12. The monoisotopic (exact) mass is 494 g/mol. The molecule has 1 aliphatic heterocycles. The van der Waals surface area contributed by atoms with Gasteiger partial charge in [-0.1, -0.05) is 6.07 Å². The van der Waals surface area contributed by atoms with Crippen LogP contribution in [-0.4, -0.2) is 24.3 Å². The van der Waals surface area contributed by atoms with Crippen LogP contribution >= 0.6 is 0 Å². The number of allylic oxidation sites excluding steroid dienone is 1. The Kier molecular flexibility index (Phi) is 6.63. The van der Waals surface area contributed by atoms with Crippen molar-refractivity contribution in [3.8, 4) is 5.75 Å². The lowest BCUT2D eigenvalue weighted by Gasteiger charge is -2.35. The zero-order valence-electron chi connectivity index (χ0n) is 20.0. The first-order chi connectivity index (χ1) is 16.9. The third-order valence-electron chi connectivity index (χ3n) is 5.89. The first-order valence-corrected chi connectivity index (χ1v) is 11.3. The molecule has 1 aliphatic rings. The summed E-state index contributed by atoms with van der Waals surface area (Å²) in [5, 5.41) is 6.05. The van der Waals surface area contributed by atoms with E-state index >= 15 is 0 Å². The van der Waals surface area contributed by atoms with Crippen LogP contribution in [-0.2, 0) is 12.6 Å². The molecule has 1 amide bonds. The van der Waals surface area contributed by atoms with Gasteiger partial charge in [0.2, 0.25) is 0 Å². The van der Waals surface area contributed by atoms with Gasteiger partial charge in [-0.15, -0.1) is 0 Å². The lowest BCUT2D eigenvalue weighted by molar-refractivity contribution is -0.137. The lowest BCUT2D eigenvalue weighted by Crippen LogP contribution is -2.43. The average molecular weight is 495 g/mol. The van der Waals surface area contributed by atoms with Gasteiger partial charge in [0, 0.05) is 39.7 Å². The van der Waals surface area contributed by atoms with Crippen molar-refractivity contribution in [2.45, 2.75) is 32.0 Å². The SMILES string of the molecule is COc1ccc2c(c1)C(=CC(=O)c1ccc(NC(=O)c3ccc(C(F)(F)F)cc3)cc1)NC(C)(C)C2. The number of ketones is 1. The Morgan fingerprint density at radius 2 is 1.61 bits per heavy atom. The average Bonchev–Trinajstić information content (AvgIpc) is 2.83. The fourth-order valence-corrected chi connectivity index (χ4v) is 4.10. The summed E-state index contributed by atoms with van der Waals surface area (Å²) in [7, 11) is 1.59. The number of rotatable bonds is 5. The van der Waals surface area contributed by atoms with E-state index in [1.807, 2.05) is 18.2 Å². The van der Waals surface area contributed by atoms with Gasteiger partial charge < -0.3 is 15.4 Å². The van der Waals surface area contributed by atoms with E-state index in [4.69, 9.17) is 4.74 Å². The normalized spacial score (nSPS) is 15.6. The third kappa shape index (κ3) is 5.59. The number of fused-ring (bicyclic) bond motifs is 1. The van der Waals surface area contributed by atoms with Crippen LogP contribution in [0.4, 0.5) is 18.9 Å². The molecule has 8 heteroatoms. The van der Waals surface area contributed by atoms with E-state index in [0.717, 1.165) is 41.8 Å². The topological polar surface area (TPSA) is 67.4 Å². The molecule has 0 aromatic heterocycles. The minimum atomic E-state index is -4.47. The van der Waals surface area contributed by atoms with E-state index in [-0.39, 0.29) is 16.9 Å². The van der Waals surface area contributed by atoms with Crippen LogP contribution < -0.4 is 15.4 Å². The first kappa shape index (κ1) is 25.0. The summed E-state index contributed by atoms with van der Waals surface area (Å²) in [5.74, 6) is -0.0737. The number of benzene rings is 3. The summed E-state index contributed by atoms with van der Waals surface area (Å²) in [6.07, 6.45) is -2.12. The molecule has 186 valence electrons. The van der Waals surface area contributed by atoms with Crippen molar-refractivity contribution in [2.24, 2.45) is 0 Å². The second-order valence-electron chi connectivity index (χ2n) is 9.24. The Morgan fingerprint density at radius 1 is 0.972 bits per heavy atom. The van der Waals surface area contributed by atoms with Gasteiger partial charge >= 0.3 is 6.18 Å². The molecule has 4 rings (SSSR count). The zero-order valence-corrected chi connectivity index (χ0v) is 20.0. The Bertz CT molecular complexity index is 1330. The van der Waals surface area contributed by atoms with Crippen LogP contribution in [0, 0.1) is 0 Å². The number of anilines is 1. The molecule has 0 atom stereocenters. The predicted molar refractivity (Wildman–Crippen MR) is 132 cm³/mol. The van der Waals surface area contributed by atoms with Crippen molar-refractivity contribution < 1.29 is 27.5 Å². The van der Waals surface area contributed by atoms with Gasteiger partial charge in [0.15, 0.2) is 5.78 Å². The van der Waals surface area contributed by atoms with Gasteiger partial charge in [-0.2, -0.15) is 13.2 Å². The smallest absolute Gasteiger partial charge is 0.416 e. The van der Waals surface area contributed by atoms with Crippen molar-refractivity contribution in [3.63, 3.8) is 0 Å². The predicted octanol–water partition coefficient (Wildman–Crippen LogP) is 6.11. The highest BCUT2D eigenvalue weighted by molar-refractivity contribution is 6.09. The fourth-order valence-electron chi connectivity index (χ4n) is 4.10. The van der Waals surface area contributed by atoms with E-state index < -0.39 is 17.6 Å². The summed E-state index contributed by atoms with van der Waals surface area (Å²) >= 11 is 0. The highest BCUT2D eigenvalue weighted by Crippen LogP contribution is 2.33. The molecule has 2 N–H and O–H groups in total. The number of halogens is 3. The molecule has 0 unspecified atom stereocenters. The van der Waals surface area contributed by atoms with Gasteiger partial charge in [-0.05, 0) is 86.5 Å². The molecule has 0 bridgehead atoms. The third-order valence-corrected chi connectivity index (χ3v) is 5.89. The summed E-state index contributed by atoms with van der Waals surface area (Å²) in [4.78, 5) is 25.4. The Hall–Kier alpha value is -4.07. The number of hydrogen-bond acceptors (Lipinski definition) is 4. The van der Waals surface area contributed by atoms with Crippen molar-refractivity contribution >= 4 is 23.1 Å². The van der Waals surface area contributed by atoms with E-state index in [0.29, 0.717) is 22.7 Å². The van der Waals surface area contributed by atoms with Crippen LogP contribution in [0.25, 0.3) is 5.70 Å². The molecule has 0 saturated carbocycles. The van der Waals surface area contributed by atoms with E-state index in [2.05, 4.69) is 24.5 Å². The maximum absolute atomic E-state index is 13.0. The maximum Gasteiger partial charge on any atom is 0.416 e. The van der Waals surface area contributed by atoms with Gasteiger partial charge in [-0.25, -0.2) is 0 Å². The summed E-state index contributed by atoms with van der Waals surface area (Å²) < 4.78 is 43.5. The number of methoxy groups -OCH3 is 1. The van der Waals surface area contributed by atoms with Crippen molar-refractivity contribution in [3.05, 3.63) is 101 Å². The van der Waals surface area contributed by atoms with Gasteiger partial charge in [0.25, 0.3) is 5.91 Å². The number of nitrogens with one attached hydrogen (secondary N) is 2. The molecule has 0 fully saturated rings. The number of amides is 1. The first-order valence-electron chi connectivity index (χ1n) is 11.3. The molecule has 1 heterocycles. The number of hydrogen-bond donors (Lipinski definition) is 2. The number of ether oxygens (including phenoxy) is 1. The van der Waals surface area contributed by atoms with Gasteiger partial charge in [0.1, 0.15) is 5.75 Å². The molecule has 36 heavy (non-hydrogen) atoms. The van der Waals surface area contributed by atoms with Crippen molar-refractivity contribution in [1.29, 1.82) is 0 Å². The lowest BCUT2D eigenvalue weighted by atomic mass is 9.85. The standard InChI is InChI=1S/C28H25F3N2O3/c1-27(2)16-19-8-13-22(36-3)14-23(19)24(33-27)15-25(34)17-6-11-21(12-7-17)32-26(35)18-4-9-20(10-5-18)28(29,30)31/h4-15,33H,16H2,1-3H3,(H,32,35). The van der Waals surface area contributed by atoms with Crippen molar-refractivity contribution in [1.82, 2.24) is 5.32 Å². The van der Waals surface area contributed by atoms with Crippen LogP contribution in [0.3, 0.4) is 0 Å². The number of carbonyl (C=O) groups is 2. The highest BCUT2D eigenvalue weighted by atomic mass is 19.4. The number of alkyl halides is 3. The maximum atomic E-state index is 13.0. The van der Waals surface area contributed by atoms with Crippen LogP contribution in [0.15, 0.2) is 72.8 Å². The summed E-state index contributed by atoms with van der Waals surface area (Å²) in [5.41, 5.74) is 2.58. The summed E-state index contributed by atoms with van der Waals surface area (Å²) in [6, 6.07) is 16.1. The molecular weight excluding hydrogens is 469 g/mol.